The molecule has 0 fully saturated rings. The number of methoxy groups -OCH3 is 1. The van der Waals surface area contributed by atoms with Crippen molar-refractivity contribution in [2.75, 3.05) is 7.11 Å². The summed E-state index contributed by atoms with van der Waals surface area (Å²) in [7, 11) is 1.25. The quantitative estimate of drug-likeness (QED) is 0.134. The predicted octanol–water partition coefficient (Wildman–Crippen LogP) is 4.60. The summed E-state index contributed by atoms with van der Waals surface area (Å²) in [5.74, 6) is -3.04. The molecular weight excluding hydrogens is 600 g/mol. The van der Waals surface area contributed by atoms with Crippen LogP contribution in [0.1, 0.15) is 52.7 Å². The van der Waals surface area contributed by atoms with Gasteiger partial charge >= 0.3 is 17.9 Å². The summed E-state index contributed by atoms with van der Waals surface area (Å²) in [4.78, 5) is 63.4. The number of ether oxygens (including phenoxy) is 3. The Morgan fingerprint density at radius 2 is 1.49 bits per heavy atom. The molecule has 0 saturated carbocycles. The summed E-state index contributed by atoms with van der Waals surface area (Å²) < 4.78 is 15.9. The lowest BCUT2D eigenvalue weighted by atomic mass is 10.0. The highest BCUT2D eigenvalue weighted by molar-refractivity contribution is 5.99. The van der Waals surface area contributed by atoms with Crippen molar-refractivity contribution in [1.82, 2.24) is 5.32 Å². The first kappa shape index (κ1) is 34.4. The van der Waals surface area contributed by atoms with Crippen LogP contribution in [0.3, 0.4) is 0 Å². The molecule has 2 atom stereocenters. The molecule has 10 nitrogen and oxygen atoms in total. The van der Waals surface area contributed by atoms with E-state index in [-0.39, 0.29) is 50.7 Å². The van der Waals surface area contributed by atoms with Crippen molar-refractivity contribution in [2.24, 2.45) is 5.73 Å². The number of hydrogen-bond acceptors (Lipinski definition) is 8. The van der Waals surface area contributed by atoms with E-state index < -0.39 is 41.9 Å². The van der Waals surface area contributed by atoms with Gasteiger partial charge in [0.2, 0.25) is 5.91 Å². The molecule has 0 spiro atoms. The lowest BCUT2D eigenvalue weighted by molar-refractivity contribution is -0.153. The van der Waals surface area contributed by atoms with Crippen LogP contribution in [0.2, 0.25) is 0 Å². The number of carbonyl (C=O) groups excluding carboxylic acids is 5. The summed E-state index contributed by atoms with van der Waals surface area (Å²) in [5, 5.41) is 4.74. The van der Waals surface area contributed by atoms with Gasteiger partial charge in [-0.25, -0.2) is 4.79 Å². The van der Waals surface area contributed by atoms with Crippen LogP contribution in [0.25, 0.3) is 10.8 Å². The number of fused-ring (bicyclic) bond motifs is 1. The molecule has 0 unspecified atom stereocenters. The Morgan fingerprint density at radius 1 is 0.787 bits per heavy atom. The van der Waals surface area contributed by atoms with Crippen molar-refractivity contribution in [3.63, 3.8) is 0 Å². The minimum atomic E-state index is -1.18. The summed E-state index contributed by atoms with van der Waals surface area (Å²) in [6, 6.07) is 28.1. The molecule has 10 heteroatoms. The predicted molar refractivity (Wildman–Crippen MR) is 175 cm³/mol. The smallest absolute Gasteiger partial charge is 0.328 e. The molecule has 0 saturated heterocycles. The van der Waals surface area contributed by atoms with Gasteiger partial charge in [-0.05, 0) is 46.4 Å². The highest BCUT2D eigenvalue weighted by Crippen LogP contribution is 2.19. The van der Waals surface area contributed by atoms with Gasteiger partial charge in [0.15, 0.2) is 0 Å². The van der Waals surface area contributed by atoms with Crippen molar-refractivity contribution >= 4 is 40.5 Å². The Balaban J connectivity index is 1.48. The molecule has 2 amide bonds. The maximum absolute atomic E-state index is 13.6. The number of rotatable bonds is 16. The van der Waals surface area contributed by atoms with Gasteiger partial charge in [-0.3, -0.25) is 19.2 Å². The number of primary amides is 1. The van der Waals surface area contributed by atoms with E-state index in [4.69, 9.17) is 19.9 Å². The zero-order chi connectivity index (χ0) is 33.6. The lowest BCUT2D eigenvalue weighted by Crippen LogP contribution is -2.44. The zero-order valence-electron chi connectivity index (χ0n) is 26.2. The van der Waals surface area contributed by atoms with Crippen LogP contribution >= 0.6 is 0 Å². The van der Waals surface area contributed by atoms with E-state index >= 15 is 0 Å². The monoisotopic (exact) mass is 638 g/mol. The Hall–Kier alpha value is -5.51. The molecular formula is C37H38N2O8. The van der Waals surface area contributed by atoms with E-state index in [0.29, 0.717) is 5.56 Å². The van der Waals surface area contributed by atoms with Crippen LogP contribution in [0, 0.1) is 0 Å². The summed E-state index contributed by atoms with van der Waals surface area (Å²) in [5.41, 5.74) is 7.78. The van der Waals surface area contributed by atoms with Crippen LogP contribution in [-0.2, 0) is 52.8 Å². The van der Waals surface area contributed by atoms with Crippen LogP contribution < -0.4 is 11.1 Å². The topological polar surface area (TPSA) is 151 Å². The van der Waals surface area contributed by atoms with Gasteiger partial charge in [-0.2, -0.15) is 0 Å². The van der Waals surface area contributed by atoms with E-state index in [1.54, 1.807) is 18.2 Å². The first-order chi connectivity index (χ1) is 22.7. The van der Waals surface area contributed by atoms with Crippen LogP contribution in [0.15, 0.2) is 97.1 Å². The molecule has 0 aliphatic rings. The third-order valence-corrected chi connectivity index (χ3v) is 7.52. The average Bonchev–Trinajstić information content (AvgIpc) is 3.07. The second-order valence-electron chi connectivity index (χ2n) is 11.1. The summed E-state index contributed by atoms with van der Waals surface area (Å²) >= 11 is 0. The third-order valence-electron chi connectivity index (χ3n) is 7.52. The largest absolute Gasteiger partial charge is 0.469 e. The van der Waals surface area contributed by atoms with Gasteiger partial charge < -0.3 is 25.3 Å². The van der Waals surface area contributed by atoms with Crippen LogP contribution in [0.5, 0.6) is 0 Å². The summed E-state index contributed by atoms with van der Waals surface area (Å²) in [6.45, 7) is 0.114. The first-order valence-electron chi connectivity index (χ1n) is 15.3. The molecule has 0 bridgehead atoms. The molecule has 0 aliphatic heterocycles. The fourth-order valence-corrected chi connectivity index (χ4v) is 5.12. The highest BCUT2D eigenvalue weighted by atomic mass is 16.5. The van der Waals surface area contributed by atoms with E-state index in [2.05, 4.69) is 5.32 Å². The molecule has 0 aromatic heterocycles. The molecule has 4 aromatic carbocycles. The number of benzene rings is 4. The number of esters is 3. The van der Waals surface area contributed by atoms with Crippen molar-refractivity contribution in [3.05, 3.63) is 119 Å². The molecule has 0 heterocycles. The maximum Gasteiger partial charge on any atom is 0.328 e. The van der Waals surface area contributed by atoms with E-state index in [9.17, 15) is 24.0 Å². The fourth-order valence-electron chi connectivity index (χ4n) is 5.12. The van der Waals surface area contributed by atoms with Gasteiger partial charge in [0.05, 0.1) is 20.0 Å². The van der Waals surface area contributed by atoms with Crippen molar-refractivity contribution < 1.29 is 38.2 Å². The molecule has 3 N–H and O–H groups in total. The number of hydrogen-bond donors (Lipinski definition) is 2. The maximum atomic E-state index is 13.6. The Labute approximate surface area is 273 Å². The van der Waals surface area contributed by atoms with Crippen LogP contribution in [0.4, 0.5) is 0 Å². The van der Waals surface area contributed by atoms with Gasteiger partial charge in [0.1, 0.15) is 18.8 Å². The number of carbonyl (C=O) groups is 5. The molecule has 4 rings (SSSR count). The average molecular weight is 639 g/mol. The van der Waals surface area contributed by atoms with Crippen molar-refractivity contribution in [3.8, 4) is 0 Å². The van der Waals surface area contributed by atoms with Gasteiger partial charge in [0, 0.05) is 18.4 Å². The van der Waals surface area contributed by atoms with E-state index in [0.717, 1.165) is 21.9 Å². The Kier molecular flexibility index (Phi) is 12.6. The molecule has 244 valence electrons. The lowest BCUT2D eigenvalue weighted by Gasteiger charge is -2.23. The van der Waals surface area contributed by atoms with E-state index in [1.165, 1.54) is 13.2 Å². The number of amides is 2. The number of nitrogens with one attached hydrogen (secondary N) is 1. The first-order valence-corrected chi connectivity index (χ1v) is 15.3. The van der Waals surface area contributed by atoms with Crippen molar-refractivity contribution in [2.45, 2.75) is 57.3 Å². The van der Waals surface area contributed by atoms with Gasteiger partial charge in [0.25, 0.3) is 5.91 Å². The zero-order valence-corrected chi connectivity index (χ0v) is 26.2. The second kappa shape index (κ2) is 17.3. The normalized spacial score (nSPS) is 12.0. The Bertz CT molecular complexity index is 1710. The second-order valence-corrected chi connectivity index (χ2v) is 11.1. The molecule has 4 aromatic rings. The molecule has 0 aliphatic carbocycles. The van der Waals surface area contributed by atoms with Crippen molar-refractivity contribution in [1.29, 1.82) is 0 Å². The minimum Gasteiger partial charge on any atom is -0.469 e. The minimum absolute atomic E-state index is 0.00673. The highest BCUT2D eigenvalue weighted by Gasteiger charge is 2.28. The van der Waals surface area contributed by atoms with Gasteiger partial charge in [-0.1, -0.05) is 91.0 Å². The molecule has 47 heavy (non-hydrogen) atoms. The van der Waals surface area contributed by atoms with Crippen LogP contribution in [-0.4, -0.2) is 49.0 Å². The standard InChI is InChI=1S/C37H38N2O8/c1-45-35(42)22-29-14-7-8-15-31(29)36(43)39-32(16-9-17-34(41)46-24-25-10-3-2-4-11-25)37(44)47-30(23-33(38)40)21-26-18-19-27-12-5-6-13-28(27)20-26/h2-8,10-15,18-20,30,32H,9,16-17,21-24H2,1H3,(H2,38,40)(H,39,43)/t30-,32-/m0/s1. The summed E-state index contributed by atoms with van der Waals surface area (Å²) in [6.07, 6.45) is -0.821. The number of nitrogens with two attached hydrogens (primary N) is 1. The fraction of sp³-hybridized carbons (Fsp3) is 0.270. The SMILES string of the molecule is COC(=O)Cc1ccccc1C(=O)N[C@@H](CCCC(=O)OCc1ccccc1)C(=O)O[C@H](CC(N)=O)Cc1ccc2ccccc2c1. The molecule has 0 radical (unpaired) electrons. The Morgan fingerprint density at radius 3 is 2.23 bits per heavy atom. The third kappa shape index (κ3) is 10.8. The van der Waals surface area contributed by atoms with Gasteiger partial charge in [-0.15, -0.1) is 0 Å². The van der Waals surface area contributed by atoms with E-state index in [1.807, 2.05) is 72.8 Å².